The van der Waals surface area contributed by atoms with Gasteiger partial charge in [0.25, 0.3) is 0 Å². The van der Waals surface area contributed by atoms with E-state index >= 15 is 0 Å². The van der Waals surface area contributed by atoms with Crippen LogP contribution in [-0.2, 0) is 16.0 Å². The van der Waals surface area contributed by atoms with Crippen LogP contribution in [0.2, 0.25) is 0 Å². The number of rotatable bonds is 3. The minimum atomic E-state index is 0.0839. The van der Waals surface area contributed by atoms with Gasteiger partial charge in [0.2, 0.25) is 11.9 Å². The molecule has 1 saturated heterocycles. The number of aryl methyl sites for hydroxylation is 1. The Morgan fingerprint density at radius 3 is 2.75 bits per heavy atom. The molecule has 24 heavy (non-hydrogen) atoms. The monoisotopic (exact) mass is 330 g/mol. The van der Waals surface area contributed by atoms with E-state index in [4.69, 9.17) is 9.72 Å². The standard InChI is InChI=1S/C18H26N4O2/c23-17(13-4-1-2-5-13)20-15-6-3-7-16-14(15)12-19-18(21-16)22-8-10-24-11-9-22/h12-13,15H,1-11H2,(H,20,23)/t15-/m0/s1. The Labute approximate surface area is 143 Å². The first-order valence-corrected chi connectivity index (χ1v) is 9.30. The fourth-order valence-corrected chi connectivity index (χ4v) is 4.08. The molecule has 1 amide bonds. The summed E-state index contributed by atoms with van der Waals surface area (Å²) >= 11 is 0. The van der Waals surface area contributed by atoms with E-state index in [9.17, 15) is 4.79 Å². The maximum Gasteiger partial charge on any atom is 0.225 e. The lowest BCUT2D eigenvalue weighted by atomic mass is 9.91. The van der Waals surface area contributed by atoms with Crippen LogP contribution in [-0.4, -0.2) is 42.2 Å². The van der Waals surface area contributed by atoms with Crippen LogP contribution in [0.1, 0.15) is 55.8 Å². The predicted molar refractivity (Wildman–Crippen MR) is 90.8 cm³/mol. The Hall–Kier alpha value is -1.69. The number of nitrogens with one attached hydrogen (secondary N) is 1. The minimum Gasteiger partial charge on any atom is -0.378 e. The van der Waals surface area contributed by atoms with E-state index in [1.54, 1.807) is 0 Å². The highest BCUT2D eigenvalue weighted by molar-refractivity contribution is 5.79. The maximum absolute atomic E-state index is 12.5. The first-order valence-electron chi connectivity index (χ1n) is 9.30. The summed E-state index contributed by atoms with van der Waals surface area (Å²) < 4.78 is 5.40. The normalized spacial score (nSPS) is 24.7. The van der Waals surface area contributed by atoms with Gasteiger partial charge < -0.3 is 15.0 Å². The largest absolute Gasteiger partial charge is 0.378 e. The molecule has 3 aliphatic rings. The average molecular weight is 330 g/mol. The fraction of sp³-hybridized carbons (Fsp3) is 0.722. The molecule has 0 aromatic carbocycles. The summed E-state index contributed by atoms with van der Waals surface area (Å²) in [6, 6.07) is 0.0839. The van der Waals surface area contributed by atoms with Crippen LogP contribution < -0.4 is 10.2 Å². The number of fused-ring (bicyclic) bond motifs is 1. The van der Waals surface area contributed by atoms with Gasteiger partial charge in [-0.15, -0.1) is 0 Å². The third-order valence-electron chi connectivity index (χ3n) is 5.51. The molecule has 1 aromatic heterocycles. The van der Waals surface area contributed by atoms with Crippen molar-refractivity contribution in [2.45, 2.75) is 51.0 Å². The van der Waals surface area contributed by atoms with E-state index < -0.39 is 0 Å². The second-order valence-corrected chi connectivity index (χ2v) is 7.11. The third kappa shape index (κ3) is 3.24. The van der Waals surface area contributed by atoms with E-state index in [1.165, 1.54) is 12.8 Å². The van der Waals surface area contributed by atoms with Gasteiger partial charge in [-0.2, -0.15) is 0 Å². The van der Waals surface area contributed by atoms with Gasteiger partial charge in [0.15, 0.2) is 0 Å². The van der Waals surface area contributed by atoms with Gasteiger partial charge in [-0.3, -0.25) is 4.79 Å². The number of carbonyl (C=O) groups is 1. The molecule has 1 saturated carbocycles. The lowest BCUT2D eigenvalue weighted by Crippen LogP contribution is -2.38. The highest BCUT2D eigenvalue weighted by Gasteiger charge is 2.29. The molecule has 1 N–H and O–H groups in total. The second-order valence-electron chi connectivity index (χ2n) is 7.11. The van der Waals surface area contributed by atoms with Gasteiger partial charge in [-0.1, -0.05) is 12.8 Å². The summed E-state index contributed by atoms with van der Waals surface area (Å²) in [5.41, 5.74) is 2.22. The number of hydrogen-bond donors (Lipinski definition) is 1. The van der Waals surface area contributed by atoms with E-state index in [0.29, 0.717) is 0 Å². The second kappa shape index (κ2) is 7.05. The van der Waals surface area contributed by atoms with Crippen molar-refractivity contribution in [3.05, 3.63) is 17.5 Å². The molecule has 1 aliphatic heterocycles. The SMILES string of the molecule is O=C(N[C@H]1CCCc2nc(N3CCOCC3)ncc21)C1CCCC1. The van der Waals surface area contributed by atoms with Crippen LogP contribution in [0.4, 0.5) is 5.95 Å². The van der Waals surface area contributed by atoms with Gasteiger partial charge in [0.05, 0.1) is 24.9 Å². The summed E-state index contributed by atoms with van der Waals surface area (Å²) in [4.78, 5) is 24.0. The van der Waals surface area contributed by atoms with Crippen molar-refractivity contribution in [2.24, 2.45) is 5.92 Å². The Morgan fingerprint density at radius 2 is 1.96 bits per heavy atom. The zero-order chi connectivity index (χ0) is 16.4. The van der Waals surface area contributed by atoms with Gasteiger partial charge in [-0.05, 0) is 32.1 Å². The molecule has 0 radical (unpaired) electrons. The molecule has 0 bridgehead atoms. The van der Waals surface area contributed by atoms with E-state index in [1.807, 2.05) is 6.20 Å². The number of morpholine rings is 1. The Balaban J connectivity index is 1.48. The van der Waals surface area contributed by atoms with Crippen molar-refractivity contribution in [3.8, 4) is 0 Å². The summed E-state index contributed by atoms with van der Waals surface area (Å²) in [7, 11) is 0. The molecule has 0 spiro atoms. The molecule has 2 fully saturated rings. The Kier molecular flexibility index (Phi) is 4.65. The lowest BCUT2D eigenvalue weighted by Gasteiger charge is -2.30. The molecule has 1 atom stereocenters. The summed E-state index contributed by atoms with van der Waals surface area (Å²) in [5.74, 6) is 1.24. The van der Waals surface area contributed by atoms with Crippen LogP contribution in [0.5, 0.6) is 0 Å². The topological polar surface area (TPSA) is 67.4 Å². The first-order chi connectivity index (χ1) is 11.8. The van der Waals surface area contributed by atoms with Crippen LogP contribution in [0.3, 0.4) is 0 Å². The minimum absolute atomic E-state index is 0.0839. The summed E-state index contributed by atoms with van der Waals surface area (Å²) in [6.45, 7) is 3.17. The van der Waals surface area contributed by atoms with Crippen LogP contribution in [0.25, 0.3) is 0 Å². The van der Waals surface area contributed by atoms with Gasteiger partial charge in [0.1, 0.15) is 0 Å². The summed E-state index contributed by atoms with van der Waals surface area (Å²) in [6.07, 6.45) is 9.43. The number of nitrogens with zero attached hydrogens (tertiary/aromatic N) is 3. The van der Waals surface area contributed by atoms with Crippen molar-refractivity contribution in [1.82, 2.24) is 15.3 Å². The van der Waals surface area contributed by atoms with Crippen LogP contribution >= 0.6 is 0 Å². The quantitative estimate of drug-likeness (QED) is 0.918. The molecular weight excluding hydrogens is 304 g/mol. The van der Waals surface area contributed by atoms with E-state index in [2.05, 4.69) is 15.2 Å². The van der Waals surface area contributed by atoms with Crippen molar-refractivity contribution < 1.29 is 9.53 Å². The molecule has 130 valence electrons. The number of aromatic nitrogens is 2. The van der Waals surface area contributed by atoms with Gasteiger partial charge in [-0.25, -0.2) is 9.97 Å². The molecular formula is C18H26N4O2. The van der Waals surface area contributed by atoms with Crippen molar-refractivity contribution >= 4 is 11.9 Å². The first kappa shape index (κ1) is 15.8. The molecule has 2 heterocycles. The average Bonchev–Trinajstić information content (AvgIpc) is 3.17. The highest BCUT2D eigenvalue weighted by atomic mass is 16.5. The van der Waals surface area contributed by atoms with Crippen molar-refractivity contribution in [3.63, 3.8) is 0 Å². The van der Waals surface area contributed by atoms with Crippen LogP contribution in [0.15, 0.2) is 6.20 Å². The number of hydrogen-bond acceptors (Lipinski definition) is 5. The van der Waals surface area contributed by atoms with E-state index in [-0.39, 0.29) is 17.9 Å². The number of ether oxygens (including phenoxy) is 1. The zero-order valence-electron chi connectivity index (χ0n) is 14.2. The highest BCUT2D eigenvalue weighted by Crippen LogP contribution is 2.31. The molecule has 0 unspecified atom stereocenters. The van der Waals surface area contributed by atoms with E-state index in [0.717, 1.165) is 75.6 Å². The third-order valence-corrected chi connectivity index (χ3v) is 5.51. The maximum atomic E-state index is 12.5. The fourth-order valence-electron chi connectivity index (χ4n) is 4.08. The van der Waals surface area contributed by atoms with Crippen molar-refractivity contribution in [1.29, 1.82) is 0 Å². The van der Waals surface area contributed by atoms with Crippen LogP contribution in [0, 0.1) is 5.92 Å². The molecule has 2 aliphatic carbocycles. The molecule has 6 nitrogen and oxygen atoms in total. The molecule has 4 rings (SSSR count). The Morgan fingerprint density at radius 1 is 1.17 bits per heavy atom. The lowest BCUT2D eigenvalue weighted by molar-refractivity contribution is -0.125. The number of carbonyl (C=O) groups excluding carboxylic acids is 1. The smallest absolute Gasteiger partial charge is 0.225 e. The molecule has 6 heteroatoms. The predicted octanol–water partition coefficient (Wildman–Crippen LogP) is 2.00. The van der Waals surface area contributed by atoms with Gasteiger partial charge >= 0.3 is 0 Å². The summed E-state index contributed by atoms with van der Waals surface area (Å²) in [5, 5.41) is 3.26. The Bertz CT molecular complexity index is 595. The van der Waals surface area contributed by atoms with Crippen molar-refractivity contribution in [2.75, 3.05) is 31.2 Å². The van der Waals surface area contributed by atoms with Gasteiger partial charge in [0, 0.05) is 30.8 Å². The number of anilines is 1. The molecule has 1 aromatic rings. The number of amides is 1. The zero-order valence-corrected chi connectivity index (χ0v) is 14.2.